The van der Waals surface area contributed by atoms with Crippen molar-refractivity contribution in [1.29, 1.82) is 0 Å². The molecule has 0 saturated carbocycles. The van der Waals surface area contributed by atoms with Crippen molar-refractivity contribution in [3.8, 4) is 0 Å². The maximum atomic E-state index is 6.04. The zero-order valence-electron chi connectivity index (χ0n) is 12.3. The van der Waals surface area contributed by atoms with Gasteiger partial charge in [0.2, 0.25) is 0 Å². The summed E-state index contributed by atoms with van der Waals surface area (Å²) in [5.41, 5.74) is 0.207. The van der Waals surface area contributed by atoms with Crippen molar-refractivity contribution in [3.63, 3.8) is 0 Å². The molecule has 2 saturated heterocycles. The van der Waals surface area contributed by atoms with Crippen LogP contribution in [-0.4, -0.2) is 49.5 Å². The van der Waals surface area contributed by atoms with Crippen LogP contribution in [0.3, 0.4) is 0 Å². The first-order chi connectivity index (χ1) is 9.35. The normalized spacial score (nSPS) is 31.1. The van der Waals surface area contributed by atoms with Gasteiger partial charge in [-0.05, 0) is 44.4 Å². The number of hydrogen-bond acceptors (Lipinski definition) is 4. The minimum absolute atomic E-state index is 0.207. The van der Waals surface area contributed by atoms with Crippen LogP contribution in [0.1, 0.15) is 45.4 Å². The third-order valence-electron chi connectivity index (χ3n) is 4.10. The van der Waals surface area contributed by atoms with Gasteiger partial charge in [-0.3, -0.25) is 0 Å². The first kappa shape index (κ1) is 15.6. The van der Waals surface area contributed by atoms with Gasteiger partial charge in [-0.25, -0.2) is 0 Å². The van der Waals surface area contributed by atoms with Gasteiger partial charge in [0.1, 0.15) is 0 Å². The van der Waals surface area contributed by atoms with E-state index in [-0.39, 0.29) is 5.60 Å². The SMILES string of the molecule is CCCCOCCCNC1CCOC2(CCSC2)C1. The summed E-state index contributed by atoms with van der Waals surface area (Å²) in [5, 5.41) is 3.69. The summed E-state index contributed by atoms with van der Waals surface area (Å²) in [6.45, 7) is 6.05. The third-order valence-corrected chi connectivity index (χ3v) is 5.32. The van der Waals surface area contributed by atoms with E-state index in [1.165, 1.54) is 43.6 Å². The molecule has 2 fully saturated rings. The molecule has 4 heteroatoms. The first-order valence-corrected chi connectivity index (χ1v) is 9.03. The van der Waals surface area contributed by atoms with Crippen molar-refractivity contribution in [2.24, 2.45) is 0 Å². The van der Waals surface area contributed by atoms with Crippen LogP contribution >= 0.6 is 11.8 Å². The summed E-state index contributed by atoms with van der Waals surface area (Å²) in [4.78, 5) is 0. The van der Waals surface area contributed by atoms with Gasteiger partial charge in [-0.1, -0.05) is 13.3 Å². The second-order valence-electron chi connectivity index (χ2n) is 5.80. The lowest BCUT2D eigenvalue weighted by atomic mass is 9.90. The molecule has 0 aromatic rings. The molecule has 0 aromatic carbocycles. The quantitative estimate of drug-likeness (QED) is 0.695. The van der Waals surface area contributed by atoms with E-state index in [2.05, 4.69) is 12.2 Å². The van der Waals surface area contributed by atoms with Gasteiger partial charge >= 0.3 is 0 Å². The molecule has 0 aliphatic carbocycles. The van der Waals surface area contributed by atoms with Gasteiger partial charge in [0.25, 0.3) is 0 Å². The largest absolute Gasteiger partial charge is 0.381 e. The predicted molar refractivity (Wildman–Crippen MR) is 82.0 cm³/mol. The fourth-order valence-corrected chi connectivity index (χ4v) is 4.27. The summed E-state index contributed by atoms with van der Waals surface area (Å²) in [7, 11) is 0. The number of ether oxygens (including phenoxy) is 2. The molecule has 0 bridgehead atoms. The molecule has 0 radical (unpaired) electrons. The van der Waals surface area contributed by atoms with E-state index < -0.39 is 0 Å². The Labute approximate surface area is 122 Å². The van der Waals surface area contributed by atoms with Crippen LogP contribution < -0.4 is 5.32 Å². The number of hydrogen-bond donors (Lipinski definition) is 1. The van der Waals surface area contributed by atoms with Crippen LogP contribution in [-0.2, 0) is 9.47 Å². The average Bonchev–Trinajstić information content (AvgIpc) is 2.86. The number of unbranched alkanes of at least 4 members (excludes halogenated alkanes) is 1. The highest BCUT2D eigenvalue weighted by Gasteiger charge is 2.40. The molecule has 19 heavy (non-hydrogen) atoms. The Bertz CT molecular complexity index is 244. The topological polar surface area (TPSA) is 30.5 Å². The standard InChI is InChI=1S/C15H29NO2S/c1-2-3-8-17-9-4-7-16-14-5-10-18-15(12-14)6-11-19-13-15/h14,16H,2-13H2,1H3. The van der Waals surface area contributed by atoms with Crippen LogP contribution in [0.25, 0.3) is 0 Å². The van der Waals surface area contributed by atoms with Crippen molar-refractivity contribution in [3.05, 3.63) is 0 Å². The number of thioether (sulfide) groups is 1. The Morgan fingerprint density at radius 2 is 2.26 bits per heavy atom. The highest BCUT2D eigenvalue weighted by atomic mass is 32.2. The van der Waals surface area contributed by atoms with Crippen molar-refractivity contribution >= 4 is 11.8 Å². The lowest BCUT2D eigenvalue weighted by Gasteiger charge is -2.38. The van der Waals surface area contributed by atoms with Crippen molar-refractivity contribution < 1.29 is 9.47 Å². The van der Waals surface area contributed by atoms with E-state index in [1.807, 2.05) is 11.8 Å². The Hall–Kier alpha value is 0.230. The molecular formula is C15H29NO2S. The van der Waals surface area contributed by atoms with E-state index in [0.29, 0.717) is 6.04 Å². The second kappa shape index (κ2) is 8.50. The van der Waals surface area contributed by atoms with Gasteiger partial charge in [-0.2, -0.15) is 11.8 Å². The smallest absolute Gasteiger partial charge is 0.0795 e. The summed E-state index contributed by atoms with van der Waals surface area (Å²) >= 11 is 2.05. The third kappa shape index (κ3) is 5.25. The molecule has 2 unspecified atom stereocenters. The molecule has 112 valence electrons. The van der Waals surface area contributed by atoms with Gasteiger partial charge in [0.15, 0.2) is 0 Å². The van der Waals surface area contributed by atoms with E-state index >= 15 is 0 Å². The van der Waals surface area contributed by atoms with Gasteiger partial charge < -0.3 is 14.8 Å². The Kier molecular flexibility index (Phi) is 6.99. The molecule has 0 aromatic heterocycles. The molecule has 3 nitrogen and oxygen atoms in total. The number of rotatable bonds is 8. The summed E-state index contributed by atoms with van der Waals surface area (Å²) in [6, 6.07) is 0.656. The van der Waals surface area contributed by atoms with Crippen molar-refractivity contribution in [2.75, 3.05) is 37.9 Å². The molecule has 2 atom stereocenters. The van der Waals surface area contributed by atoms with E-state index in [0.717, 1.165) is 32.8 Å². The van der Waals surface area contributed by atoms with Crippen LogP contribution in [0.2, 0.25) is 0 Å². The van der Waals surface area contributed by atoms with Crippen LogP contribution in [0.5, 0.6) is 0 Å². The molecule has 1 N–H and O–H groups in total. The molecular weight excluding hydrogens is 258 g/mol. The monoisotopic (exact) mass is 287 g/mol. The zero-order valence-corrected chi connectivity index (χ0v) is 13.1. The first-order valence-electron chi connectivity index (χ1n) is 7.87. The minimum atomic E-state index is 0.207. The Morgan fingerprint density at radius 3 is 3.05 bits per heavy atom. The fraction of sp³-hybridized carbons (Fsp3) is 1.00. The molecule has 1 spiro atoms. The lowest BCUT2D eigenvalue weighted by molar-refractivity contribution is -0.0701. The molecule has 0 amide bonds. The summed E-state index contributed by atoms with van der Waals surface area (Å²) < 4.78 is 11.6. The molecule has 2 heterocycles. The Morgan fingerprint density at radius 1 is 1.37 bits per heavy atom. The summed E-state index contributed by atoms with van der Waals surface area (Å²) in [6.07, 6.45) is 7.16. The number of nitrogens with one attached hydrogen (secondary N) is 1. The molecule has 2 aliphatic heterocycles. The maximum Gasteiger partial charge on any atom is 0.0795 e. The highest BCUT2D eigenvalue weighted by Crippen LogP contribution is 2.38. The molecule has 2 rings (SSSR count). The minimum Gasteiger partial charge on any atom is -0.381 e. The average molecular weight is 287 g/mol. The van der Waals surface area contributed by atoms with E-state index in [9.17, 15) is 0 Å². The van der Waals surface area contributed by atoms with E-state index in [1.54, 1.807) is 0 Å². The highest BCUT2D eigenvalue weighted by molar-refractivity contribution is 7.99. The van der Waals surface area contributed by atoms with Crippen LogP contribution in [0.4, 0.5) is 0 Å². The van der Waals surface area contributed by atoms with Crippen LogP contribution in [0.15, 0.2) is 0 Å². The van der Waals surface area contributed by atoms with Crippen LogP contribution in [0, 0.1) is 0 Å². The Balaban J connectivity index is 1.53. The van der Waals surface area contributed by atoms with Crippen molar-refractivity contribution in [2.45, 2.75) is 57.1 Å². The van der Waals surface area contributed by atoms with Gasteiger partial charge in [-0.15, -0.1) is 0 Å². The predicted octanol–water partition coefficient (Wildman–Crippen LogP) is 2.84. The van der Waals surface area contributed by atoms with Gasteiger partial charge in [0, 0.05) is 31.6 Å². The maximum absolute atomic E-state index is 6.04. The zero-order chi connectivity index (χ0) is 13.4. The second-order valence-corrected chi connectivity index (χ2v) is 6.90. The van der Waals surface area contributed by atoms with Crippen molar-refractivity contribution in [1.82, 2.24) is 5.32 Å². The molecule has 2 aliphatic rings. The van der Waals surface area contributed by atoms with E-state index in [4.69, 9.17) is 9.47 Å². The van der Waals surface area contributed by atoms with Gasteiger partial charge in [0.05, 0.1) is 5.60 Å². The summed E-state index contributed by atoms with van der Waals surface area (Å²) in [5.74, 6) is 2.48. The lowest BCUT2D eigenvalue weighted by Crippen LogP contribution is -2.47. The fourth-order valence-electron chi connectivity index (χ4n) is 2.89.